The zero-order valence-corrected chi connectivity index (χ0v) is 10.3. The lowest BCUT2D eigenvalue weighted by molar-refractivity contribution is 0.540. The van der Waals surface area contributed by atoms with Gasteiger partial charge in [-0.2, -0.15) is 0 Å². The van der Waals surface area contributed by atoms with Crippen LogP contribution >= 0.6 is 0 Å². The highest BCUT2D eigenvalue weighted by molar-refractivity contribution is 5.66. The van der Waals surface area contributed by atoms with Crippen molar-refractivity contribution in [2.45, 2.75) is 38.1 Å². The van der Waals surface area contributed by atoms with Crippen molar-refractivity contribution in [3.05, 3.63) is 18.5 Å². The fourth-order valence-electron chi connectivity index (χ4n) is 2.65. The van der Waals surface area contributed by atoms with Gasteiger partial charge in [0.05, 0.1) is 17.6 Å². The van der Waals surface area contributed by atoms with Crippen molar-refractivity contribution < 1.29 is 0 Å². The summed E-state index contributed by atoms with van der Waals surface area (Å²) in [5.74, 6) is 0. The molecule has 2 rings (SSSR count). The number of hydrogen-bond donors (Lipinski definition) is 2. The number of nitrogens with zero attached hydrogens (tertiary/aromatic N) is 2. The number of nitrogen functional groups attached to an aromatic ring is 1. The summed E-state index contributed by atoms with van der Waals surface area (Å²) in [6.45, 7) is 1.82. The zero-order valence-electron chi connectivity index (χ0n) is 10.3. The lowest BCUT2D eigenvalue weighted by atomic mass is 10.1. The highest BCUT2D eigenvalue weighted by Crippen LogP contribution is 2.29. The highest BCUT2D eigenvalue weighted by atomic mass is 15.2. The van der Waals surface area contributed by atoms with Gasteiger partial charge >= 0.3 is 0 Å². The lowest BCUT2D eigenvalue weighted by Crippen LogP contribution is -2.36. The first kappa shape index (κ1) is 12.2. The van der Waals surface area contributed by atoms with Gasteiger partial charge in [-0.25, -0.2) is 0 Å². The number of pyridine rings is 1. The first-order chi connectivity index (χ1) is 8.33. The van der Waals surface area contributed by atoms with Gasteiger partial charge in [-0.1, -0.05) is 12.8 Å². The standard InChI is InChI=1S/C13H22N4/c14-7-5-11-4-2-1-3-9-17(11)13-6-8-16-10-12(13)15/h6,8,10-11H,1-5,7,9,14-15H2. The van der Waals surface area contributed by atoms with E-state index in [1.54, 1.807) is 6.20 Å². The van der Waals surface area contributed by atoms with Crippen molar-refractivity contribution in [2.24, 2.45) is 5.73 Å². The van der Waals surface area contributed by atoms with E-state index in [9.17, 15) is 0 Å². The molecule has 2 heterocycles. The van der Waals surface area contributed by atoms with Crippen LogP contribution < -0.4 is 16.4 Å². The summed E-state index contributed by atoms with van der Waals surface area (Å²) in [5, 5.41) is 0. The van der Waals surface area contributed by atoms with Crippen LogP contribution in [0.15, 0.2) is 18.5 Å². The Balaban J connectivity index is 2.22. The van der Waals surface area contributed by atoms with E-state index >= 15 is 0 Å². The average molecular weight is 234 g/mol. The molecule has 4 N–H and O–H groups in total. The number of anilines is 2. The van der Waals surface area contributed by atoms with E-state index in [2.05, 4.69) is 9.88 Å². The van der Waals surface area contributed by atoms with Crippen LogP contribution in [0, 0.1) is 0 Å². The molecule has 1 saturated heterocycles. The molecule has 1 aromatic rings. The largest absolute Gasteiger partial charge is 0.396 e. The van der Waals surface area contributed by atoms with Gasteiger partial charge in [-0.3, -0.25) is 4.98 Å². The van der Waals surface area contributed by atoms with E-state index in [-0.39, 0.29) is 0 Å². The van der Waals surface area contributed by atoms with Crippen LogP contribution in [0.3, 0.4) is 0 Å². The van der Waals surface area contributed by atoms with Crippen LogP contribution in [-0.2, 0) is 0 Å². The van der Waals surface area contributed by atoms with Crippen LogP contribution in [0.25, 0.3) is 0 Å². The predicted octanol–water partition coefficient (Wildman–Crippen LogP) is 1.76. The van der Waals surface area contributed by atoms with E-state index < -0.39 is 0 Å². The Morgan fingerprint density at radius 1 is 1.35 bits per heavy atom. The van der Waals surface area contributed by atoms with Gasteiger partial charge in [0.25, 0.3) is 0 Å². The Hall–Kier alpha value is -1.29. The molecule has 4 heteroatoms. The Morgan fingerprint density at radius 2 is 2.24 bits per heavy atom. The molecule has 1 unspecified atom stereocenters. The van der Waals surface area contributed by atoms with Crippen LogP contribution in [0.4, 0.5) is 11.4 Å². The smallest absolute Gasteiger partial charge is 0.0738 e. The van der Waals surface area contributed by atoms with Gasteiger partial charge in [0.1, 0.15) is 0 Å². The number of aromatic nitrogens is 1. The lowest BCUT2D eigenvalue weighted by Gasteiger charge is -2.32. The fraction of sp³-hybridized carbons (Fsp3) is 0.615. The first-order valence-electron chi connectivity index (χ1n) is 6.49. The molecule has 4 nitrogen and oxygen atoms in total. The van der Waals surface area contributed by atoms with Gasteiger partial charge in [0.15, 0.2) is 0 Å². The quantitative estimate of drug-likeness (QED) is 0.836. The van der Waals surface area contributed by atoms with E-state index in [0.29, 0.717) is 6.04 Å². The van der Waals surface area contributed by atoms with Crippen molar-refractivity contribution in [3.8, 4) is 0 Å². The van der Waals surface area contributed by atoms with Crippen LogP contribution in [0.1, 0.15) is 32.1 Å². The van der Waals surface area contributed by atoms with Gasteiger partial charge in [0, 0.05) is 18.8 Å². The minimum Gasteiger partial charge on any atom is -0.396 e. The first-order valence-corrected chi connectivity index (χ1v) is 6.49. The van der Waals surface area contributed by atoms with Crippen LogP contribution in [0.2, 0.25) is 0 Å². The van der Waals surface area contributed by atoms with Gasteiger partial charge in [0.2, 0.25) is 0 Å². The van der Waals surface area contributed by atoms with Gasteiger partial charge < -0.3 is 16.4 Å². The molecule has 1 atom stereocenters. The van der Waals surface area contributed by atoms with Crippen LogP contribution in [-0.4, -0.2) is 24.1 Å². The molecule has 0 bridgehead atoms. The zero-order chi connectivity index (χ0) is 12.1. The SMILES string of the molecule is NCCC1CCCCCN1c1ccncc1N. The molecule has 0 radical (unpaired) electrons. The van der Waals surface area contributed by atoms with Crippen molar-refractivity contribution in [1.82, 2.24) is 4.98 Å². The molecule has 1 aromatic heterocycles. The van der Waals surface area contributed by atoms with Gasteiger partial charge in [-0.15, -0.1) is 0 Å². The molecule has 0 saturated carbocycles. The second kappa shape index (κ2) is 5.87. The Bertz CT molecular complexity index is 353. The van der Waals surface area contributed by atoms with E-state index in [1.165, 1.54) is 25.7 Å². The van der Waals surface area contributed by atoms with E-state index in [4.69, 9.17) is 11.5 Å². The second-order valence-corrected chi connectivity index (χ2v) is 4.71. The molecule has 0 spiro atoms. The van der Waals surface area contributed by atoms with Gasteiger partial charge in [-0.05, 0) is 31.9 Å². The molecule has 0 aromatic carbocycles. The highest BCUT2D eigenvalue weighted by Gasteiger charge is 2.21. The number of rotatable bonds is 3. The Kier molecular flexibility index (Phi) is 4.20. The molecule has 0 amide bonds. The summed E-state index contributed by atoms with van der Waals surface area (Å²) < 4.78 is 0. The molecule has 1 aliphatic rings. The number of hydrogen-bond acceptors (Lipinski definition) is 4. The molecule has 0 aliphatic carbocycles. The molecule has 1 fully saturated rings. The maximum absolute atomic E-state index is 6.03. The molecule has 17 heavy (non-hydrogen) atoms. The maximum Gasteiger partial charge on any atom is 0.0738 e. The summed E-state index contributed by atoms with van der Waals surface area (Å²) in [6.07, 6.45) is 9.66. The Labute approximate surface area is 103 Å². The van der Waals surface area contributed by atoms with Crippen LogP contribution in [0.5, 0.6) is 0 Å². The average Bonchev–Trinajstić information content (AvgIpc) is 2.56. The summed E-state index contributed by atoms with van der Waals surface area (Å²) in [5.41, 5.74) is 13.6. The maximum atomic E-state index is 6.03. The minimum absolute atomic E-state index is 0.534. The van der Waals surface area contributed by atoms with E-state index in [0.717, 1.165) is 30.9 Å². The molecule has 1 aliphatic heterocycles. The fourth-order valence-corrected chi connectivity index (χ4v) is 2.65. The topological polar surface area (TPSA) is 68.2 Å². The second-order valence-electron chi connectivity index (χ2n) is 4.71. The van der Waals surface area contributed by atoms with Crippen molar-refractivity contribution >= 4 is 11.4 Å². The Morgan fingerprint density at radius 3 is 3.00 bits per heavy atom. The summed E-state index contributed by atoms with van der Waals surface area (Å²) in [4.78, 5) is 6.49. The monoisotopic (exact) mass is 234 g/mol. The van der Waals surface area contributed by atoms with Crippen molar-refractivity contribution in [1.29, 1.82) is 0 Å². The number of nitrogens with two attached hydrogens (primary N) is 2. The summed E-state index contributed by atoms with van der Waals surface area (Å²) >= 11 is 0. The predicted molar refractivity (Wildman–Crippen MR) is 71.9 cm³/mol. The third kappa shape index (κ3) is 2.88. The molecule has 94 valence electrons. The van der Waals surface area contributed by atoms with Crippen molar-refractivity contribution in [3.63, 3.8) is 0 Å². The third-order valence-electron chi connectivity index (χ3n) is 3.51. The third-order valence-corrected chi connectivity index (χ3v) is 3.51. The van der Waals surface area contributed by atoms with Crippen molar-refractivity contribution in [2.75, 3.05) is 23.7 Å². The van der Waals surface area contributed by atoms with E-state index in [1.807, 2.05) is 12.3 Å². The summed E-state index contributed by atoms with van der Waals surface area (Å²) in [7, 11) is 0. The minimum atomic E-state index is 0.534. The molecular formula is C13H22N4. The molecular weight excluding hydrogens is 212 g/mol. The normalized spacial score (nSPS) is 21.2. The summed E-state index contributed by atoms with van der Waals surface area (Å²) in [6, 6.07) is 2.55.